The topological polar surface area (TPSA) is 257 Å². The standard InChI is InChI=1S/C50H65ClN6O16S/c1-28-10-9-11-35(69-8)50(67)25-37(71-46(65)52-50)49(4)27-48(3,73-49)36(24-41(61)54(6)32-21-31(20-28)22-33(68-7)43(32)51)70-45(64)29(2)53(5)38(58)16-19-74-34-23-42(62)56(44(34)63)26-30-14-17-55(18-15-30)47(66)72-57-39(59)12-13-40(57)60/h9-11,21-22,29-30,34-37,67H,12-20,23-27H2,1-8H3,(H,52,65)/b11-9+,28-10+/t29-,34?,35+,36-,37?,48+,49?,50-/m0/s1. The molecule has 1 aromatic carbocycles. The fraction of sp³-hybridized carbons (Fsp3) is 0.620. The summed E-state index contributed by atoms with van der Waals surface area (Å²) < 4.78 is 29.7. The summed E-state index contributed by atoms with van der Waals surface area (Å²) in [4.78, 5) is 128. The summed E-state index contributed by atoms with van der Waals surface area (Å²) in [5, 5.41) is 14.3. The molecule has 0 aliphatic carbocycles. The summed E-state index contributed by atoms with van der Waals surface area (Å²) in [5.41, 5.74) is -2.54. The van der Waals surface area contributed by atoms with Crippen molar-refractivity contribution in [2.75, 3.05) is 58.6 Å². The van der Waals surface area contributed by atoms with Gasteiger partial charge in [0.1, 0.15) is 46.3 Å². The number of thioether (sulfide) groups is 1. The number of benzene rings is 1. The number of fused-ring (bicyclic) bond motifs is 6. The minimum Gasteiger partial charge on any atom is -0.495 e. The van der Waals surface area contributed by atoms with Crippen LogP contribution in [0.15, 0.2) is 35.9 Å². The van der Waals surface area contributed by atoms with Gasteiger partial charge in [-0.25, -0.2) is 14.4 Å². The number of nitrogens with zero attached hydrogens (tertiary/aromatic N) is 5. The second kappa shape index (κ2) is 22.6. The molecule has 24 heteroatoms. The number of hydroxylamine groups is 2. The van der Waals surface area contributed by atoms with Crippen LogP contribution in [0.25, 0.3) is 0 Å². The molecule has 0 saturated carbocycles. The summed E-state index contributed by atoms with van der Waals surface area (Å²) >= 11 is 7.97. The quantitative estimate of drug-likeness (QED) is 0.223. The first-order valence-electron chi connectivity index (χ1n) is 24.5. The van der Waals surface area contributed by atoms with Crippen molar-refractivity contribution in [2.45, 2.75) is 138 Å². The van der Waals surface area contributed by atoms with Gasteiger partial charge in [0, 0.05) is 85.1 Å². The van der Waals surface area contributed by atoms with Crippen molar-refractivity contribution in [3.05, 3.63) is 46.5 Å². The lowest BCUT2D eigenvalue weighted by Crippen LogP contribution is -2.72. The third-order valence-corrected chi connectivity index (χ3v) is 16.4. The molecule has 74 heavy (non-hydrogen) atoms. The highest BCUT2D eigenvalue weighted by atomic mass is 35.5. The number of amides is 8. The maximum Gasteiger partial charge on any atom is 0.434 e. The molecule has 0 radical (unpaired) electrons. The van der Waals surface area contributed by atoms with Crippen molar-refractivity contribution < 1.29 is 76.8 Å². The van der Waals surface area contributed by atoms with Gasteiger partial charge in [-0.2, -0.15) is 0 Å². The second-order valence-corrected chi connectivity index (χ2v) is 21.9. The van der Waals surface area contributed by atoms with E-state index >= 15 is 0 Å². The highest BCUT2D eigenvalue weighted by molar-refractivity contribution is 8.00. The SMILES string of the molecule is COc1cc2cc(c1Cl)N(C)C(=O)C[C@H](OC(=O)[C@H](C)N(C)C(=O)CCSC1CC(=O)N(CC3CCN(C(=O)ON4C(=O)CCC4=O)CC3)C1=O)[C@@]1(C)CC(C)(O1)C1C[C@@](O)(NC(=O)O1)[C@H](OC)/C=C/C=C(\C)C2. The Morgan fingerprint density at radius 2 is 1.68 bits per heavy atom. The van der Waals surface area contributed by atoms with Crippen LogP contribution in [0.1, 0.15) is 91.0 Å². The maximum atomic E-state index is 14.4. The average molecular weight is 1070 g/mol. The lowest BCUT2D eigenvalue weighted by atomic mass is 9.72. The number of ether oxygens (including phenoxy) is 5. The minimum absolute atomic E-state index is 0.0211. The van der Waals surface area contributed by atoms with Crippen molar-refractivity contribution in [3.63, 3.8) is 0 Å². The minimum atomic E-state index is -1.92. The molecule has 0 spiro atoms. The van der Waals surface area contributed by atoms with Crippen LogP contribution in [0.4, 0.5) is 15.3 Å². The van der Waals surface area contributed by atoms with E-state index in [-0.39, 0.29) is 86.7 Å². The van der Waals surface area contributed by atoms with Crippen LogP contribution in [0.2, 0.25) is 5.02 Å². The number of nitrogens with one attached hydrogen (secondary N) is 1. The number of likely N-dealkylation sites (tertiary alicyclic amines) is 2. The number of anilines is 1. The zero-order valence-corrected chi connectivity index (χ0v) is 44.4. The summed E-state index contributed by atoms with van der Waals surface area (Å²) in [6.07, 6.45) is 0.796. The zero-order chi connectivity index (χ0) is 54.0. The first-order valence-corrected chi connectivity index (χ1v) is 26.0. The molecule has 6 bridgehead atoms. The predicted octanol–water partition coefficient (Wildman–Crippen LogP) is 3.82. The molecule has 0 aromatic heterocycles. The van der Waals surface area contributed by atoms with Gasteiger partial charge in [-0.15, -0.1) is 16.8 Å². The van der Waals surface area contributed by atoms with Crippen LogP contribution in [-0.2, 0) is 63.8 Å². The molecule has 7 aliphatic heterocycles. The number of carbonyl (C=O) groups is 9. The molecular weight excluding hydrogens is 1010 g/mol. The molecule has 8 atom stereocenters. The van der Waals surface area contributed by atoms with Gasteiger partial charge in [-0.3, -0.25) is 39.0 Å². The fourth-order valence-electron chi connectivity index (χ4n) is 10.3. The Morgan fingerprint density at radius 3 is 2.32 bits per heavy atom. The van der Waals surface area contributed by atoms with Gasteiger partial charge in [-0.05, 0) is 70.6 Å². The zero-order valence-electron chi connectivity index (χ0n) is 42.8. The number of allylic oxidation sites excluding steroid dienone is 3. The van der Waals surface area contributed by atoms with Crippen molar-refractivity contribution >= 4 is 82.6 Å². The molecule has 5 saturated heterocycles. The Labute approximate surface area is 438 Å². The molecule has 3 unspecified atom stereocenters. The van der Waals surface area contributed by atoms with Crippen molar-refractivity contribution in [3.8, 4) is 5.75 Å². The second-order valence-electron chi connectivity index (χ2n) is 20.2. The monoisotopic (exact) mass is 1070 g/mol. The van der Waals surface area contributed by atoms with Crippen molar-refractivity contribution in [2.24, 2.45) is 5.92 Å². The maximum absolute atomic E-state index is 14.4. The molecule has 7 aliphatic rings. The van der Waals surface area contributed by atoms with Crippen LogP contribution in [0.5, 0.6) is 5.75 Å². The summed E-state index contributed by atoms with van der Waals surface area (Å²) in [6.45, 7) is 7.36. The van der Waals surface area contributed by atoms with Crippen LogP contribution in [0.3, 0.4) is 0 Å². The molecule has 404 valence electrons. The third-order valence-electron chi connectivity index (χ3n) is 14.8. The van der Waals surface area contributed by atoms with E-state index in [9.17, 15) is 48.3 Å². The Morgan fingerprint density at radius 1 is 1.00 bits per heavy atom. The van der Waals surface area contributed by atoms with Gasteiger partial charge < -0.3 is 48.3 Å². The number of carbonyl (C=O) groups excluding carboxylic acids is 9. The van der Waals surface area contributed by atoms with E-state index in [2.05, 4.69) is 5.32 Å². The Bertz CT molecular complexity index is 2480. The number of likely N-dealkylation sites (N-methyl/N-ethyl adjacent to an activating group) is 1. The molecule has 5 fully saturated rings. The first-order chi connectivity index (χ1) is 34.9. The highest BCUT2D eigenvalue weighted by Gasteiger charge is 2.63. The number of alkyl carbamates (subject to hydrolysis) is 1. The predicted molar refractivity (Wildman–Crippen MR) is 265 cm³/mol. The van der Waals surface area contributed by atoms with Crippen molar-refractivity contribution in [1.82, 2.24) is 25.1 Å². The molecule has 22 nitrogen and oxygen atoms in total. The van der Waals surface area contributed by atoms with Gasteiger partial charge in [0.05, 0.1) is 24.5 Å². The van der Waals surface area contributed by atoms with Gasteiger partial charge in [-0.1, -0.05) is 35.4 Å². The number of piperidine rings is 1. The molecule has 2 N–H and O–H groups in total. The smallest absolute Gasteiger partial charge is 0.434 e. The summed E-state index contributed by atoms with van der Waals surface area (Å²) in [7, 11) is 5.82. The van der Waals surface area contributed by atoms with E-state index in [4.69, 9.17) is 40.1 Å². The third kappa shape index (κ3) is 12.0. The lowest BCUT2D eigenvalue weighted by molar-refractivity contribution is -0.328. The normalized spacial score (nSPS) is 30.5. The molecule has 7 heterocycles. The molecular formula is C50H65ClN6O16S. The van der Waals surface area contributed by atoms with Gasteiger partial charge >= 0.3 is 18.2 Å². The van der Waals surface area contributed by atoms with Crippen LogP contribution in [-0.4, -0.2) is 179 Å². The van der Waals surface area contributed by atoms with E-state index < -0.39 is 94.7 Å². The van der Waals surface area contributed by atoms with E-state index in [0.717, 1.165) is 22.9 Å². The number of esters is 1. The van der Waals surface area contributed by atoms with Crippen LogP contribution >= 0.6 is 23.4 Å². The molecule has 8 rings (SSSR count). The van der Waals surface area contributed by atoms with E-state index in [1.165, 1.54) is 54.8 Å². The first kappa shape index (κ1) is 56.0. The van der Waals surface area contributed by atoms with Crippen molar-refractivity contribution in [1.29, 1.82) is 0 Å². The summed E-state index contributed by atoms with van der Waals surface area (Å²) in [5.74, 6) is -3.31. The number of aliphatic hydroxyl groups is 1. The van der Waals surface area contributed by atoms with E-state index in [0.29, 0.717) is 35.8 Å². The molecule has 1 aromatic rings. The number of rotatable bonds is 12. The van der Waals surface area contributed by atoms with Crippen LogP contribution < -0.4 is 15.0 Å². The fourth-order valence-corrected chi connectivity index (χ4v) is 11.7. The van der Waals surface area contributed by atoms with Crippen LogP contribution in [0, 0.1) is 5.92 Å². The van der Waals surface area contributed by atoms with Gasteiger partial charge in [0.15, 0.2) is 5.72 Å². The number of halogens is 1. The lowest BCUT2D eigenvalue weighted by Gasteiger charge is -2.59. The Balaban J connectivity index is 0.986. The van der Waals surface area contributed by atoms with E-state index in [1.54, 1.807) is 38.1 Å². The number of imide groups is 2. The summed E-state index contributed by atoms with van der Waals surface area (Å²) in [6, 6.07) is 2.35. The highest BCUT2D eigenvalue weighted by Crippen LogP contribution is 2.50. The largest absolute Gasteiger partial charge is 0.495 e. The number of methoxy groups -OCH3 is 2. The Kier molecular flexibility index (Phi) is 17.1. The van der Waals surface area contributed by atoms with E-state index in [1.807, 2.05) is 13.0 Å². The molecule has 8 amide bonds. The number of hydrogen-bond acceptors (Lipinski definition) is 17. The number of hydrogen-bond donors (Lipinski definition) is 2. The Hall–Kier alpha value is -5.75. The van der Waals surface area contributed by atoms with Gasteiger partial charge in [0.2, 0.25) is 23.6 Å². The average Bonchev–Trinajstić information content (AvgIpc) is 3.80. The van der Waals surface area contributed by atoms with Gasteiger partial charge in [0.25, 0.3) is 11.8 Å².